The van der Waals surface area contributed by atoms with Crippen LogP contribution in [0.2, 0.25) is 0 Å². The van der Waals surface area contributed by atoms with Crippen molar-refractivity contribution in [3.05, 3.63) is 59.3 Å². The Morgan fingerprint density at radius 2 is 1.91 bits per heavy atom. The van der Waals surface area contributed by atoms with Crippen LogP contribution in [-0.2, 0) is 22.7 Å². The number of aromatic nitrogens is 3. The molecule has 0 unspecified atom stereocenters. The van der Waals surface area contributed by atoms with Crippen molar-refractivity contribution >= 4 is 44.7 Å². The Kier molecular flexibility index (Phi) is 6.99. The first kappa shape index (κ1) is 24.6. The number of hydrogen-bond acceptors (Lipinski definition) is 9. The Balaban J connectivity index is 1.66. The summed E-state index contributed by atoms with van der Waals surface area (Å²) in [6.45, 7) is 1.94. The van der Waals surface area contributed by atoms with Gasteiger partial charge in [-0.3, -0.25) is 4.79 Å². The van der Waals surface area contributed by atoms with Crippen molar-refractivity contribution in [1.82, 2.24) is 24.8 Å². The van der Waals surface area contributed by atoms with Gasteiger partial charge in [-0.2, -0.15) is 9.35 Å². The highest BCUT2D eigenvalue weighted by molar-refractivity contribution is 7.92. The number of carbonyl (C=O) groups is 1. The molecule has 2 N–H and O–H groups in total. The molecule has 0 atom stereocenters. The molecule has 2 aromatic heterocycles. The number of nitrogens with one attached hydrogen (secondary N) is 2. The van der Waals surface area contributed by atoms with E-state index in [1.807, 2.05) is 6.07 Å². The second-order valence-corrected chi connectivity index (χ2v) is 11.6. The van der Waals surface area contributed by atoms with Crippen molar-refractivity contribution < 1.29 is 9.00 Å². The summed E-state index contributed by atoms with van der Waals surface area (Å²) in [4.78, 5) is 29.9. The molecule has 1 aliphatic rings. The molecule has 0 saturated carbocycles. The third-order valence-electron chi connectivity index (χ3n) is 5.39. The summed E-state index contributed by atoms with van der Waals surface area (Å²) in [5, 5.41) is 6.36. The Hall–Kier alpha value is -3.57. The number of fused-ring (bicyclic) bond motifs is 1. The Bertz CT molecular complexity index is 1370. The summed E-state index contributed by atoms with van der Waals surface area (Å²) in [6.07, 6.45) is 5.61. The molecule has 3 aromatic rings. The van der Waals surface area contributed by atoms with E-state index >= 15 is 0 Å². The van der Waals surface area contributed by atoms with E-state index in [0.29, 0.717) is 29.0 Å². The molecule has 0 fully saturated rings. The van der Waals surface area contributed by atoms with Gasteiger partial charge in [0.05, 0.1) is 0 Å². The van der Waals surface area contributed by atoms with Crippen LogP contribution in [0.3, 0.4) is 0 Å². The summed E-state index contributed by atoms with van der Waals surface area (Å²) in [7, 11) is 3.08. The lowest BCUT2D eigenvalue weighted by Gasteiger charge is -2.25. The van der Waals surface area contributed by atoms with Gasteiger partial charge in [-0.15, -0.1) is 0 Å². The highest BCUT2D eigenvalue weighted by Gasteiger charge is 2.18. The van der Waals surface area contributed by atoms with Gasteiger partial charge >= 0.3 is 0 Å². The second kappa shape index (κ2) is 9.96. The lowest BCUT2D eigenvalue weighted by Crippen LogP contribution is -2.26. The van der Waals surface area contributed by atoms with Crippen molar-refractivity contribution in [1.29, 1.82) is 0 Å². The number of rotatable bonds is 6. The van der Waals surface area contributed by atoms with Gasteiger partial charge in [0.1, 0.15) is 17.2 Å². The molecule has 0 bridgehead atoms. The van der Waals surface area contributed by atoms with E-state index < -0.39 is 9.73 Å². The van der Waals surface area contributed by atoms with Crippen molar-refractivity contribution in [2.24, 2.45) is 4.36 Å². The molecule has 3 heterocycles. The SMILES string of the molecule is CN1CCc2ccc(Nc3ncc(C(=O)N(C)C)c(Nc4cccc(N=S(C)(C)=O)n4)n3)cc2C1. The van der Waals surface area contributed by atoms with Crippen LogP contribution in [-0.4, -0.2) is 75.1 Å². The van der Waals surface area contributed by atoms with Crippen molar-refractivity contribution in [3.63, 3.8) is 0 Å². The van der Waals surface area contributed by atoms with Crippen LogP contribution in [0, 0.1) is 0 Å². The van der Waals surface area contributed by atoms with Gasteiger partial charge in [0.25, 0.3) is 5.91 Å². The zero-order chi connectivity index (χ0) is 25.2. The number of hydrogen-bond donors (Lipinski definition) is 2. The average Bonchev–Trinajstić information content (AvgIpc) is 2.77. The summed E-state index contributed by atoms with van der Waals surface area (Å²) in [5.41, 5.74) is 3.79. The first-order valence-corrected chi connectivity index (χ1v) is 13.5. The molecule has 10 nitrogen and oxygen atoms in total. The lowest BCUT2D eigenvalue weighted by molar-refractivity contribution is 0.0828. The number of likely N-dealkylation sites (N-methyl/N-ethyl adjacent to an activating group) is 1. The average molecular weight is 495 g/mol. The standard InChI is InChI=1S/C24H30N8O2S/c1-31(2)23(33)19-14-25-24(26-18-10-9-16-11-12-32(3)15-17(16)13-18)29-22(19)28-20-7-6-8-21(27-20)30-35(4,5)34/h6-10,13-14H,11-12,15H2,1-5H3,(H2,25,26,27,28,29). The summed E-state index contributed by atoms with van der Waals surface area (Å²) in [5.74, 6) is 1.15. The molecule has 1 amide bonds. The van der Waals surface area contributed by atoms with Crippen LogP contribution in [0.15, 0.2) is 47.0 Å². The first-order valence-electron chi connectivity index (χ1n) is 11.1. The number of amides is 1. The molecule has 0 saturated heterocycles. The molecule has 0 spiro atoms. The summed E-state index contributed by atoms with van der Waals surface area (Å²) in [6, 6.07) is 11.4. The van der Waals surface area contributed by atoms with Crippen LogP contribution < -0.4 is 10.6 Å². The normalized spacial score (nSPS) is 13.6. The number of pyridine rings is 1. The topological polar surface area (TPSA) is 116 Å². The van der Waals surface area contributed by atoms with E-state index in [1.54, 1.807) is 44.8 Å². The Labute approximate surface area is 206 Å². The molecule has 1 aliphatic heterocycles. The third kappa shape index (κ3) is 6.31. The van der Waals surface area contributed by atoms with E-state index in [9.17, 15) is 9.00 Å². The predicted molar refractivity (Wildman–Crippen MR) is 139 cm³/mol. The molecular weight excluding hydrogens is 464 g/mol. The molecule has 35 heavy (non-hydrogen) atoms. The Morgan fingerprint density at radius 1 is 1.11 bits per heavy atom. The largest absolute Gasteiger partial charge is 0.345 e. The first-order chi connectivity index (χ1) is 16.6. The van der Waals surface area contributed by atoms with Crippen LogP contribution >= 0.6 is 0 Å². The minimum Gasteiger partial charge on any atom is -0.345 e. The van der Waals surface area contributed by atoms with Crippen LogP contribution in [0.4, 0.5) is 29.1 Å². The Morgan fingerprint density at radius 3 is 2.66 bits per heavy atom. The van der Waals surface area contributed by atoms with E-state index in [-0.39, 0.29) is 5.91 Å². The van der Waals surface area contributed by atoms with Crippen LogP contribution in [0.5, 0.6) is 0 Å². The third-order valence-corrected chi connectivity index (χ3v) is 6.01. The van der Waals surface area contributed by atoms with E-state index in [1.165, 1.54) is 22.2 Å². The van der Waals surface area contributed by atoms with Gasteiger partial charge in [0, 0.05) is 61.3 Å². The van der Waals surface area contributed by atoms with Gasteiger partial charge in [-0.05, 0) is 48.9 Å². The molecule has 0 aliphatic carbocycles. The quantitative estimate of drug-likeness (QED) is 0.536. The zero-order valence-electron chi connectivity index (χ0n) is 20.6. The maximum atomic E-state index is 12.8. The molecule has 184 valence electrons. The predicted octanol–water partition coefficient (Wildman–Crippen LogP) is 3.41. The number of benzene rings is 1. The van der Waals surface area contributed by atoms with E-state index in [2.05, 4.69) is 54.0 Å². The molecule has 0 radical (unpaired) electrons. The number of carbonyl (C=O) groups excluding carboxylic acids is 1. The minimum atomic E-state index is -2.37. The van der Waals surface area contributed by atoms with Gasteiger partial charge in [0.15, 0.2) is 5.82 Å². The minimum absolute atomic E-state index is 0.248. The maximum Gasteiger partial charge on any atom is 0.258 e. The fourth-order valence-electron chi connectivity index (χ4n) is 3.73. The van der Waals surface area contributed by atoms with Gasteiger partial charge in [0.2, 0.25) is 5.95 Å². The summed E-state index contributed by atoms with van der Waals surface area (Å²) < 4.78 is 16.2. The molecular formula is C24H30N8O2S. The molecule has 4 rings (SSSR count). The van der Waals surface area contributed by atoms with Gasteiger partial charge in [-0.1, -0.05) is 12.1 Å². The number of nitrogens with zero attached hydrogens (tertiary/aromatic N) is 6. The van der Waals surface area contributed by atoms with Crippen LogP contribution in [0.25, 0.3) is 0 Å². The highest BCUT2D eigenvalue weighted by atomic mass is 32.2. The molecule has 1 aromatic carbocycles. The fourth-order valence-corrected chi connectivity index (χ4v) is 4.28. The molecule has 11 heteroatoms. The lowest BCUT2D eigenvalue weighted by atomic mass is 9.99. The zero-order valence-corrected chi connectivity index (χ0v) is 21.4. The monoisotopic (exact) mass is 494 g/mol. The summed E-state index contributed by atoms with van der Waals surface area (Å²) >= 11 is 0. The maximum absolute atomic E-state index is 12.8. The van der Waals surface area contributed by atoms with E-state index in [0.717, 1.165) is 25.2 Å². The van der Waals surface area contributed by atoms with Gasteiger partial charge < -0.3 is 20.4 Å². The van der Waals surface area contributed by atoms with E-state index in [4.69, 9.17) is 0 Å². The van der Waals surface area contributed by atoms with Gasteiger partial charge in [-0.25, -0.2) is 14.2 Å². The van der Waals surface area contributed by atoms with Crippen molar-refractivity contribution in [2.75, 3.05) is 50.8 Å². The smallest absolute Gasteiger partial charge is 0.258 e. The second-order valence-electron chi connectivity index (χ2n) is 9.03. The fraction of sp³-hybridized carbons (Fsp3) is 0.333. The van der Waals surface area contributed by atoms with Crippen molar-refractivity contribution in [3.8, 4) is 0 Å². The highest BCUT2D eigenvalue weighted by Crippen LogP contribution is 2.26. The number of anilines is 4. The van der Waals surface area contributed by atoms with Crippen molar-refractivity contribution in [2.45, 2.75) is 13.0 Å². The van der Waals surface area contributed by atoms with Crippen LogP contribution in [0.1, 0.15) is 21.5 Å².